The van der Waals surface area contributed by atoms with E-state index in [0.717, 1.165) is 12.1 Å². The quantitative estimate of drug-likeness (QED) is 0.711. The summed E-state index contributed by atoms with van der Waals surface area (Å²) in [5, 5.41) is 0. The van der Waals surface area contributed by atoms with Crippen molar-refractivity contribution in [2.24, 2.45) is 0 Å². The molecule has 0 amide bonds. The molecule has 0 saturated carbocycles. The van der Waals surface area contributed by atoms with Crippen molar-refractivity contribution in [2.75, 3.05) is 26.2 Å². The molecular formula is C14H28N2. The summed E-state index contributed by atoms with van der Waals surface area (Å²) >= 11 is 0. The highest BCUT2D eigenvalue weighted by atomic mass is 15.2. The predicted octanol–water partition coefficient (Wildman–Crippen LogP) is 2.74. The van der Waals surface area contributed by atoms with Gasteiger partial charge in [-0.15, -0.1) is 0 Å². The van der Waals surface area contributed by atoms with Gasteiger partial charge in [-0.25, -0.2) is 0 Å². The van der Waals surface area contributed by atoms with Crippen LogP contribution < -0.4 is 0 Å². The van der Waals surface area contributed by atoms with Gasteiger partial charge in [0.25, 0.3) is 0 Å². The molecule has 0 aromatic rings. The van der Waals surface area contributed by atoms with Crippen molar-refractivity contribution >= 4 is 0 Å². The highest BCUT2D eigenvalue weighted by molar-refractivity contribution is 4.83. The largest absolute Gasteiger partial charge is 0.299 e. The van der Waals surface area contributed by atoms with Crippen LogP contribution in [0.15, 0.2) is 0 Å². The van der Waals surface area contributed by atoms with Gasteiger partial charge in [0, 0.05) is 18.6 Å². The number of rotatable bonds is 2. The normalized spacial score (nSPS) is 30.6. The number of nitrogens with zero attached hydrogens (tertiary/aromatic N) is 2. The zero-order valence-electron chi connectivity index (χ0n) is 11.1. The molecule has 0 aliphatic carbocycles. The van der Waals surface area contributed by atoms with Crippen LogP contribution in [-0.4, -0.2) is 48.1 Å². The molecule has 1 atom stereocenters. The maximum atomic E-state index is 2.78. The summed E-state index contributed by atoms with van der Waals surface area (Å²) in [6, 6.07) is 1.59. The summed E-state index contributed by atoms with van der Waals surface area (Å²) in [5.74, 6) is 0. The monoisotopic (exact) mass is 224 g/mol. The van der Waals surface area contributed by atoms with E-state index in [1.54, 1.807) is 0 Å². The van der Waals surface area contributed by atoms with Crippen LogP contribution in [0.2, 0.25) is 0 Å². The van der Waals surface area contributed by atoms with Crippen molar-refractivity contribution in [3.63, 3.8) is 0 Å². The average Bonchev–Trinajstić information content (AvgIpc) is 2.57. The Morgan fingerprint density at radius 2 is 1.56 bits per heavy atom. The van der Waals surface area contributed by atoms with E-state index in [4.69, 9.17) is 0 Å². The van der Waals surface area contributed by atoms with Gasteiger partial charge in [0.15, 0.2) is 0 Å². The van der Waals surface area contributed by atoms with Crippen molar-refractivity contribution in [1.29, 1.82) is 0 Å². The summed E-state index contributed by atoms with van der Waals surface area (Å²) in [6.07, 6.45) is 8.60. The number of likely N-dealkylation sites (tertiary alicyclic amines) is 2. The van der Waals surface area contributed by atoms with Gasteiger partial charge in [-0.2, -0.15) is 0 Å². The van der Waals surface area contributed by atoms with Crippen LogP contribution in [-0.2, 0) is 0 Å². The Bertz CT molecular complexity index is 195. The summed E-state index contributed by atoms with van der Waals surface area (Å²) < 4.78 is 0. The van der Waals surface area contributed by atoms with E-state index in [0.29, 0.717) is 0 Å². The summed E-state index contributed by atoms with van der Waals surface area (Å²) in [5.41, 5.74) is 0. The van der Waals surface area contributed by atoms with E-state index in [2.05, 4.69) is 23.6 Å². The molecule has 94 valence electrons. The second kappa shape index (κ2) is 6.02. The van der Waals surface area contributed by atoms with Crippen molar-refractivity contribution < 1.29 is 0 Å². The SMILES string of the molecule is CC(C)N1CCCC(N2CCCCCC2)C1. The fraction of sp³-hybridized carbons (Fsp3) is 1.00. The topological polar surface area (TPSA) is 6.48 Å². The molecule has 2 rings (SSSR count). The molecule has 2 heteroatoms. The molecule has 2 aliphatic rings. The third-order valence-electron chi connectivity index (χ3n) is 4.32. The highest BCUT2D eigenvalue weighted by Crippen LogP contribution is 2.21. The van der Waals surface area contributed by atoms with Gasteiger partial charge < -0.3 is 0 Å². The molecule has 0 N–H and O–H groups in total. The Morgan fingerprint density at radius 3 is 2.19 bits per heavy atom. The minimum Gasteiger partial charge on any atom is -0.299 e. The van der Waals surface area contributed by atoms with Crippen LogP contribution >= 0.6 is 0 Å². The Morgan fingerprint density at radius 1 is 0.875 bits per heavy atom. The Hall–Kier alpha value is -0.0800. The van der Waals surface area contributed by atoms with E-state index in [1.807, 2.05) is 0 Å². The third-order valence-corrected chi connectivity index (χ3v) is 4.32. The Kier molecular flexibility index (Phi) is 4.66. The van der Waals surface area contributed by atoms with Gasteiger partial charge in [-0.05, 0) is 59.2 Å². The maximum absolute atomic E-state index is 2.78. The van der Waals surface area contributed by atoms with Gasteiger partial charge in [-0.1, -0.05) is 12.8 Å². The summed E-state index contributed by atoms with van der Waals surface area (Å²) in [6.45, 7) is 10.0. The van der Waals surface area contributed by atoms with Crippen LogP contribution in [0.3, 0.4) is 0 Å². The van der Waals surface area contributed by atoms with Crippen molar-refractivity contribution in [2.45, 2.75) is 64.5 Å². The Balaban J connectivity index is 1.87. The number of hydrogen-bond donors (Lipinski definition) is 0. The first kappa shape index (κ1) is 12.4. The van der Waals surface area contributed by atoms with Gasteiger partial charge in [0.1, 0.15) is 0 Å². The second-order valence-electron chi connectivity index (χ2n) is 5.83. The van der Waals surface area contributed by atoms with Crippen LogP contribution in [0, 0.1) is 0 Å². The zero-order chi connectivity index (χ0) is 11.4. The molecule has 0 aromatic carbocycles. The molecule has 0 radical (unpaired) electrons. The lowest BCUT2D eigenvalue weighted by atomic mass is 10.0. The predicted molar refractivity (Wildman–Crippen MR) is 69.8 cm³/mol. The van der Waals surface area contributed by atoms with E-state index < -0.39 is 0 Å². The number of hydrogen-bond acceptors (Lipinski definition) is 2. The molecule has 0 spiro atoms. The smallest absolute Gasteiger partial charge is 0.0223 e. The Labute approximate surface area is 101 Å². The van der Waals surface area contributed by atoms with Crippen LogP contribution in [0.4, 0.5) is 0 Å². The molecule has 2 heterocycles. The van der Waals surface area contributed by atoms with E-state index >= 15 is 0 Å². The van der Waals surface area contributed by atoms with Crippen LogP contribution in [0.25, 0.3) is 0 Å². The molecule has 1 unspecified atom stereocenters. The van der Waals surface area contributed by atoms with Crippen molar-refractivity contribution in [1.82, 2.24) is 9.80 Å². The van der Waals surface area contributed by atoms with Crippen LogP contribution in [0.5, 0.6) is 0 Å². The molecule has 2 aliphatic heterocycles. The van der Waals surface area contributed by atoms with E-state index in [1.165, 1.54) is 64.7 Å². The summed E-state index contributed by atoms with van der Waals surface area (Å²) in [4.78, 5) is 5.45. The van der Waals surface area contributed by atoms with Crippen molar-refractivity contribution in [3.8, 4) is 0 Å². The molecule has 0 aromatic heterocycles. The molecule has 2 saturated heterocycles. The molecule has 0 bridgehead atoms. The average molecular weight is 224 g/mol. The van der Waals surface area contributed by atoms with Gasteiger partial charge in [-0.3, -0.25) is 9.80 Å². The first-order valence-corrected chi connectivity index (χ1v) is 7.25. The standard InChI is InChI=1S/C14H28N2/c1-13(2)16-11-7-8-14(12-16)15-9-5-3-4-6-10-15/h13-14H,3-12H2,1-2H3. The first-order chi connectivity index (χ1) is 7.77. The maximum Gasteiger partial charge on any atom is 0.0223 e. The van der Waals surface area contributed by atoms with E-state index in [9.17, 15) is 0 Å². The van der Waals surface area contributed by atoms with Gasteiger partial charge in [0.05, 0.1) is 0 Å². The number of piperidine rings is 1. The van der Waals surface area contributed by atoms with Gasteiger partial charge >= 0.3 is 0 Å². The molecular weight excluding hydrogens is 196 g/mol. The molecule has 2 fully saturated rings. The second-order valence-corrected chi connectivity index (χ2v) is 5.83. The highest BCUT2D eigenvalue weighted by Gasteiger charge is 2.26. The molecule has 16 heavy (non-hydrogen) atoms. The van der Waals surface area contributed by atoms with Crippen molar-refractivity contribution in [3.05, 3.63) is 0 Å². The molecule has 2 nitrogen and oxygen atoms in total. The minimum absolute atomic E-state index is 0.731. The first-order valence-electron chi connectivity index (χ1n) is 7.25. The summed E-state index contributed by atoms with van der Waals surface area (Å²) in [7, 11) is 0. The third kappa shape index (κ3) is 3.21. The van der Waals surface area contributed by atoms with Crippen LogP contribution in [0.1, 0.15) is 52.4 Å². The van der Waals surface area contributed by atoms with E-state index in [-0.39, 0.29) is 0 Å². The minimum atomic E-state index is 0.731. The fourth-order valence-electron chi connectivity index (χ4n) is 3.21. The lowest BCUT2D eigenvalue weighted by Gasteiger charge is -2.40. The lowest BCUT2D eigenvalue weighted by molar-refractivity contribution is 0.0818. The van der Waals surface area contributed by atoms with Gasteiger partial charge in [0.2, 0.25) is 0 Å². The zero-order valence-corrected chi connectivity index (χ0v) is 11.1. The fourth-order valence-corrected chi connectivity index (χ4v) is 3.21. The lowest BCUT2D eigenvalue weighted by Crippen LogP contribution is -2.50.